The lowest BCUT2D eigenvalue weighted by molar-refractivity contribution is -0.120. The number of rotatable bonds is 7. The number of hydrogen-bond acceptors (Lipinski definition) is 5. The number of thioether (sulfide) groups is 2. The molecule has 172 valence electrons. The first kappa shape index (κ1) is 23.1. The zero-order chi connectivity index (χ0) is 23.5. The number of carbonyl (C=O) groups is 2. The molecule has 3 aromatic carbocycles. The van der Waals surface area contributed by atoms with Crippen LogP contribution in [0.5, 0.6) is 0 Å². The molecule has 5 rings (SSSR count). The highest BCUT2D eigenvalue weighted by atomic mass is 32.2. The van der Waals surface area contributed by atoms with Crippen molar-refractivity contribution in [3.8, 4) is 0 Å². The summed E-state index contributed by atoms with van der Waals surface area (Å²) in [4.78, 5) is 28.8. The summed E-state index contributed by atoms with van der Waals surface area (Å²) in [6.07, 6.45) is 1.76. The summed E-state index contributed by atoms with van der Waals surface area (Å²) < 4.78 is 0.540. The van der Waals surface area contributed by atoms with Gasteiger partial charge in [0.25, 0.3) is 0 Å². The maximum Gasteiger partial charge on any atom is 0.239 e. The Kier molecular flexibility index (Phi) is 7.04. The highest BCUT2D eigenvalue weighted by Gasteiger charge is 2.34. The molecule has 0 spiro atoms. The first-order valence-corrected chi connectivity index (χ1v) is 13.5. The molecule has 1 N–H and O–H groups in total. The molecule has 0 saturated carbocycles. The normalized spacial score (nSPS) is 18.5. The van der Waals surface area contributed by atoms with E-state index in [4.69, 9.17) is 12.2 Å². The van der Waals surface area contributed by atoms with Gasteiger partial charge in [-0.15, -0.1) is 11.8 Å². The molecule has 2 unspecified atom stereocenters. The van der Waals surface area contributed by atoms with E-state index in [0.29, 0.717) is 23.6 Å². The molecular formula is C27H24N2O2S3. The lowest BCUT2D eigenvalue weighted by Crippen LogP contribution is -2.40. The Labute approximate surface area is 213 Å². The standard InChI is InChI=1S/C27H24N2O2S3/c30-25-15-14-21-19(16-24-26(31)28-27(32)34-24)10-7-13-22(21)29(25)23(18-8-3-1-4-9-18)17-33-20-11-5-2-6-12-20/h1-13,23-24H,14-17H2,(H,28,31,32). The largest absolute Gasteiger partial charge is 0.311 e. The van der Waals surface area contributed by atoms with Crippen LogP contribution >= 0.6 is 35.7 Å². The molecule has 4 nitrogen and oxygen atoms in total. The molecule has 1 saturated heterocycles. The van der Waals surface area contributed by atoms with Gasteiger partial charge in [0, 0.05) is 22.8 Å². The molecule has 2 aliphatic heterocycles. The van der Waals surface area contributed by atoms with E-state index in [1.54, 1.807) is 11.8 Å². The summed E-state index contributed by atoms with van der Waals surface area (Å²) in [7, 11) is 0. The maximum atomic E-state index is 13.4. The Morgan fingerprint density at radius 1 is 0.971 bits per heavy atom. The van der Waals surface area contributed by atoms with Gasteiger partial charge in [-0.3, -0.25) is 9.59 Å². The minimum absolute atomic E-state index is 0.0298. The van der Waals surface area contributed by atoms with Gasteiger partial charge in [0.2, 0.25) is 11.8 Å². The minimum atomic E-state index is -0.219. The van der Waals surface area contributed by atoms with Crippen LogP contribution in [-0.2, 0) is 22.4 Å². The second-order valence-electron chi connectivity index (χ2n) is 8.32. The summed E-state index contributed by atoms with van der Waals surface area (Å²) in [5.74, 6) is 0.859. The van der Waals surface area contributed by atoms with Crippen molar-refractivity contribution >= 4 is 57.6 Å². The molecular weight excluding hydrogens is 481 g/mol. The van der Waals surface area contributed by atoms with Crippen molar-refractivity contribution in [2.45, 2.75) is 35.4 Å². The topological polar surface area (TPSA) is 49.4 Å². The van der Waals surface area contributed by atoms with Crippen molar-refractivity contribution in [3.63, 3.8) is 0 Å². The van der Waals surface area contributed by atoms with Gasteiger partial charge in [-0.25, -0.2) is 0 Å². The van der Waals surface area contributed by atoms with Crippen LogP contribution in [0.2, 0.25) is 0 Å². The van der Waals surface area contributed by atoms with E-state index in [2.05, 4.69) is 35.6 Å². The molecule has 0 aromatic heterocycles. The maximum absolute atomic E-state index is 13.4. The summed E-state index contributed by atoms with van der Waals surface area (Å²) in [6, 6.07) is 26.6. The minimum Gasteiger partial charge on any atom is -0.311 e. The van der Waals surface area contributed by atoms with Crippen molar-refractivity contribution in [1.29, 1.82) is 0 Å². The zero-order valence-electron chi connectivity index (χ0n) is 18.5. The molecule has 2 amide bonds. The van der Waals surface area contributed by atoms with Crippen molar-refractivity contribution in [2.75, 3.05) is 10.7 Å². The number of amides is 2. The van der Waals surface area contributed by atoms with E-state index in [0.717, 1.165) is 22.6 Å². The molecule has 3 aromatic rings. The molecule has 2 aliphatic rings. The van der Waals surface area contributed by atoms with Crippen LogP contribution in [0.1, 0.15) is 29.2 Å². The third-order valence-corrected chi connectivity index (χ3v) is 8.64. The predicted octanol–water partition coefficient (Wildman–Crippen LogP) is 5.56. The Bertz CT molecular complexity index is 1220. The molecule has 2 atom stereocenters. The zero-order valence-corrected chi connectivity index (χ0v) is 20.9. The van der Waals surface area contributed by atoms with E-state index in [9.17, 15) is 9.59 Å². The Morgan fingerprint density at radius 3 is 2.41 bits per heavy atom. The second-order valence-corrected chi connectivity index (χ2v) is 11.3. The van der Waals surface area contributed by atoms with Gasteiger partial charge in [-0.2, -0.15) is 0 Å². The molecule has 0 bridgehead atoms. The van der Waals surface area contributed by atoms with E-state index < -0.39 is 0 Å². The number of carbonyl (C=O) groups excluding carboxylic acids is 2. The first-order valence-electron chi connectivity index (χ1n) is 11.3. The van der Waals surface area contributed by atoms with Crippen LogP contribution in [0.3, 0.4) is 0 Å². The lowest BCUT2D eigenvalue weighted by Gasteiger charge is -2.37. The predicted molar refractivity (Wildman–Crippen MR) is 144 cm³/mol. The fourth-order valence-corrected chi connectivity index (χ4v) is 6.91. The summed E-state index contributed by atoms with van der Waals surface area (Å²) in [5.41, 5.74) is 4.37. The highest BCUT2D eigenvalue weighted by Crippen LogP contribution is 2.40. The van der Waals surface area contributed by atoms with E-state index >= 15 is 0 Å². The summed E-state index contributed by atoms with van der Waals surface area (Å²) in [6.45, 7) is 0. The number of hydrogen-bond donors (Lipinski definition) is 1. The molecule has 0 radical (unpaired) electrons. The Hall–Kier alpha value is -2.61. The number of nitrogens with one attached hydrogen (secondary N) is 1. The average molecular weight is 505 g/mol. The number of nitrogens with zero attached hydrogens (tertiary/aromatic N) is 1. The highest BCUT2D eigenvalue weighted by molar-refractivity contribution is 8.24. The van der Waals surface area contributed by atoms with E-state index in [1.165, 1.54) is 22.2 Å². The summed E-state index contributed by atoms with van der Waals surface area (Å²) in [5, 5.41) is 2.52. The van der Waals surface area contributed by atoms with Gasteiger partial charge in [-0.05, 0) is 47.7 Å². The third-order valence-electron chi connectivity index (χ3n) is 6.18. The number of thiocarbonyl (C=S) groups is 1. The van der Waals surface area contributed by atoms with Gasteiger partial charge in [-0.1, -0.05) is 84.6 Å². The van der Waals surface area contributed by atoms with E-state index in [1.807, 2.05) is 53.4 Å². The van der Waals surface area contributed by atoms with Crippen molar-refractivity contribution in [1.82, 2.24) is 5.32 Å². The number of fused-ring (bicyclic) bond motifs is 1. The first-order chi connectivity index (χ1) is 16.6. The van der Waals surface area contributed by atoms with Gasteiger partial charge in [0.05, 0.1) is 11.3 Å². The molecule has 7 heteroatoms. The van der Waals surface area contributed by atoms with E-state index in [-0.39, 0.29) is 23.1 Å². The van der Waals surface area contributed by atoms with Crippen LogP contribution in [0.25, 0.3) is 0 Å². The van der Waals surface area contributed by atoms with Crippen LogP contribution < -0.4 is 10.2 Å². The fraction of sp³-hybridized carbons (Fsp3) is 0.222. The molecule has 34 heavy (non-hydrogen) atoms. The van der Waals surface area contributed by atoms with Gasteiger partial charge in [0.1, 0.15) is 4.32 Å². The van der Waals surface area contributed by atoms with Crippen molar-refractivity contribution < 1.29 is 9.59 Å². The van der Waals surface area contributed by atoms with Crippen LogP contribution in [0.15, 0.2) is 83.8 Å². The van der Waals surface area contributed by atoms with Crippen LogP contribution in [-0.4, -0.2) is 27.1 Å². The second kappa shape index (κ2) is 10.3. The van der Waals surface area contributed by atoms with Crippen LogP contribution in [0.4, 0.5) is 5.69 Å². The number of anilines is 1. The lowest BCUT2D eigenvalue weighted by atomic mass is 9.91. The monoisotopic (exact) mass is 504 g/mol. The fourth-order valence-electron chi connectivity index (χ4n) is 4.57. The molecule has 1 fully saturated rings. The van der Waals surface area contributed by atoms with Crippen LogP contribution in [0, 0.1) is 0 Å². The SMILES string of the molecule is O=C1NC(=S)SC1Cc1cccc2c1CCC(=O)N2C(CSc1ccccc1)c1ccccc1. The average Bonchev–Trinajstić information content (AvgIpc) is 3.18. The molecule has 2 heterocycles. The quantitative estimate of drug-likeness (QED) is 0.337. The molecule has 0 aliphatic carbocycles. The smallest absolute Gasteiger partial charge is 0.239 e. The Balaban J connectivity index is 1.49. The van der Waals surface area contributed by atoms with Gasteiger partial charge < -0.3 is 10.2 Å². The van der Waals surface area contributed by atoms with Crippen molar-refractivity contribution in [3.05, 3.63) is 95.6 Å². The third kappa shape index (κ3) is 4.92. The van der Waals surface area contributed by atoms with Gasteiger partial charge >= 0.3 is 0 Å². The van der Waals surface area contributed by atoms with Gasteiger partial charge in [0.15, 0.2) is 0 Å². The van der Waals surface area contributed by atoms with Crippen molar-refractivity contribution in [2.24, 2.45) is 0 Å². The summed E-state index contributed by atoms with van der Waals surface area (Å²) >= 11 is 8.35. The number of benzene rings is 3. The Morgan fingerprint density at radius 2 is 1.71 bits per heavy atom.